The minimum Gasteiger partial charge on any atom is -0.493 e. The number of carbonyl (C=O) groups excluding carboxylic acids is 2. The average Bonchev–Trinajstić information content (AvgIpc) is 3.24. The van der Waals surface area contributed by atoms with Gasteiger partial charge in [0.15, 0.2) is 0 Å². The highest BCUT2D eigenvalue weighted by molar-refractivity contribution is 6.15. The van der Waals surface area contributed by atoms with Crippen molar-refractivity contribution in [2.75, 3.05) is 30.0 Å². The third kappa shape index (κ3) is 2.93. The fourth-order valence-electron chi connectivity index (χ4n) is 3.85. The molecule has 3 heterocycles. The summed E-state index contributed by atoms with van der Waals surface area (Å²) < 4.78 is 5.57. The van der Waals surface area contributed by atoms with Gasteiger partial charge in [0.05, 0.1) is 23.5 Å². The maximum atomic E-state index is 13.3. The molecular weight excluding hydrogens is 366 g/mol. The fraction of sp³-hybridized carbons (Fsp3) is 0.174. The summed E-state index contributed by atoms with van der Waals surface area (Å²) in [6.07, 6.45) is 4.18. The lowest BCUT2D eigenvalue weighted by Crippen LogP contribution is -2.46. The van der Waals surface area contributed by atoms with Crippen LogP contribution in [0.25, 0.3) is 11.1 Å². The van der Waals surface area contributed by atoms with Gasteiger partial charge in [0.2, 0.25) is 5.91 Å². The van der Waals surface area contributed by atoms with Crippen LogP contribution in [0.1, 0.15) is 15.9 Å². The quantitative estimate of drug-likeness (QED) is 0.679. The van der Waals surface area contributed by atoms with Gasteiger partial charge in [0.25, 0.3) is 5.91 Å². The standard InChI is InChI=1S/C23H19N3O3/c1-25-19-4-2-3-5-20(19)26(14-22(25)27)23(28)18-11-17(12-24-13-18)15-6-7-21-16(10-15)8-9-29-21/h2-7,10-13H,8-9,14H2,1H3. The molecule has 2 aliphatic rings. The van der Waals surface area contributed by atoms with Gasteiger partial charge in [-0.05, 0) is 41.5 Å². The number of fused-ring (bicyclic) bond motifs is 2. The van der Waals surface area contributed by atoms with E-state index in [0.29, 0.717) is 12.2 Å². The van der Waals surface area contributed by atoms with E-state index in [4.69, 9.17) is 4.74 Å². The van der Waals surface area contributed by atoms with Crippen LogP contribution >= 0.6 is 0 Å². The molecule has 6 nitrogen and oxygen atoms in total. The minimum atomic E-state index is -0.238. The highest BCUT2D eigenvalue weighted by atomic mass is 16.5. The van der Waals surface area contributed by atoms with Crippen molar-refractivity contribution in [2.24, 2.45) is 0 Å². The number of likely N-dealkylation sites (N-methyl/N-ethyl adjacent to an activating group) is 1. The van der Waals surface area contributed by atoms with Crippen molar-refractivity contribution in [3.63, 3.8) is 0 Å². The number of amides is 2. The Bertz CT molecular complexity index is 1140. The molecule has 3 aromatic rings. The van der Waals surface area contributed by atoms with Gasteiger partial charge in [-0.1, -0.05) is 18.2 Å². The minimum absolute atomic E-state index is 0.00670. The van der Waals surface area contributed by atoms with Gasteiger partial charge in [-0.2, -0.15) is 0 Å². The van der Waals surface area contributed by atoms with Crippen LogP contribution in [-0.2, 0) is 11.2 Å². The molecule has 0 bridgehead atoms. The topological polar surface area (TPSA) is 62.7 Å². The Morgan fingerprint density at radius 3 is 2.72 bits per heavy atom. The third-order valence-corrected chi connectivity index (χ3v) is 5.45. The molecule has 0 fully saturated rings. The SMILES string of the molecule is CN1C(=O)CN(C(=O)c2cncc(-c3ccc4c(c3)CCO4)c2)c2ccccc21. The van der Waals surface area contributed by atoms with Crippen molar-refractivity contribution >= 4 is 23.2 Å². The summed E-state index contributed by atoms with van der Waals surface area (Å²) in [6, 6.07) is 15.3. The van der Waals surface area contributed by atoms with E-state index in [1.165, 1.54) is 4.90 Å². The molecule has 2 aromatic carbocycles. The van der Waals surface area contributed by atoms with Crippen LogP contribution in [0.3, 0.4) is 0 Å². The van der Waals surface area contributed by atoms with Crippen LogP contribution in [0, 0.1) is 0 Å². The highest BCUT2D eigenvalue weighted by Crippen LogP contribution is 2.34. The first-order valence-electron chi connectivity index (χ1n) is 9.50. The Balaban J connectivity index is 1.51. The van der Waals surface area contributed by atoms with Gasteiger partial charge in [0.1, 0.15) is 12.3 Å². The zero-order chi connectivity index (χ0) is 20.0. The molecule has 5 rings (SSSR count). The third-order valence-electron chi connectivity index (χ3n) is 5.45. The number of pyridine rings is 1. The average molecular weight is 385 g/mol. The molecule has 0 N–H and O–H groups in total. The van der Waals surface area contributed by atoms with Gasteiger partial charge < -0.3 is 9.64 Å². The number of para-hydroxylation sites is 2. The van der Waals surface area contributed by atoms with Gasteiger partial charge in [0, 0.05) is 31.4 Å². The maximum Gasteiger partial charge on any atom is 0.260 e. The van der Waals surface area contributed by atoms with E-state index in [0.717, 1.165) is 40.2 Å². The van der Waals surface area contributed by atoms with Gasteiger partial charge in [-0.25, -0.2) is 0 Å². The first-order valence-corrected chi connectivity index (χ1v) is 9.50. The molecule has 144 valence electrons. The lowest BCUT2D eigenvalue weighted by atomic mass is 10.0. The molecule has 0 radical (unpaired) electrons. The number of nitrogens with zero attached hydrogens (tertiary/aromatic N) is 3. The van der Waals surface area contributed by atoms with E-state index in [9.17, 15) is 9.59 Å². The monoisotopic (exact) mass is 385 g/mol. The zero-order valence-corrected chi connectivity index (χ0v) is 16.0. The van der Waals surface area contributed by atoms with Crippen molar-refractivity contribution in [3.8, 4) is 16.9 Å². The molecule has 0 spiro atoms. The molecule has 0 saturated heterocycles. The second kappa shape index (κ2) is 6.74. The first-order chi connectivity index (χ1) is 14.1. The van der Waals surface area contributed by atoms with Crippen molar-refractivity contribution in [1.29, 1.82) is 0 Å². The number of ether oxygens (including phenoxy) is 1. The van der Waals surface area contributed by atoms with Crippen molar-refractivity contribution < 1.29 is 14.3 Å². The first kappa shape index (κ1) is 17.4. The van der Waals surface area contributed by atoms with Gasteiger partial charge in [-0.15, -0.1) is 0 Å². The predicted octanol–water partition coefficient (Wildman–Crippen LogP) is 3.31. The lowest BCUT2D eigenvalue weighted by molar-refractivity contribution is -0.117. The van der Waals surface area contributed by atoms with Crippen LogP contribution in [0.5, 0.6) is 5.75 Å². The number of rotatable bonds is 2. The van der Waals surface area contributed by atoms with E-state index in [1.54, 1.807) is 24.3 Å². The van der Waals surface area contributed by atoms with Crippen molar-refractivity contribution in [2.45, 2.75) is 6.42 Å². The highest BCUT2D eigenvalue weighted by Gasteiger charge is 2.31. The summed E-state index contributed by atoms with van der Waals surface area (Å²) in [5.74, 6) is 0.555. The summed E-state index contributed by atoms with van der Waals surface area (Å²) in [6.45, 7) is 0.708. The predicted molar refractivity (Wildman–Crippen MR) is 110 cm³/mol. The lowest BCUT2D eigenvalue weighted by Gasteiger charge is -2.34. The summed E-state index contributed by atoms with van der Waals surface area (Å²) in [4.78, 5) is 33.1. The normalized spacial score (nSPS) is 15.0. The van der Waals surface area contributed by atoms with E-state index in [2.05, 4.69) is 11.1 Å². The van der Waals surface area contributed by atoms with Crippen LogP contribution in [-0.4, -0.2) is 37.0 Å². The molecule has 29 heavy (non-hydrogen) atoms. The van der Waals surface area contributed by atoms with Gasteiger partial charge in [-0.3, -0.25) is 19.5 Å². The smallest absolute Gasteiger partial charge is 0.260 e. The summed E-state index contributed by atoms with van der Waals surface area (Å²) in [7, 11) is 1.72. The number of benzene rings is 2. The van der Waals surface area contributed by atoms with Crippen LogP contribution in [0.4, 0.5) is 11.4 Å². The Morgan fingerprint density at radius 1 is 1.03 bits per heavy atom. The molecule has 0 atom stereocenters. The molecule has 6 heteroatoms. The fourth-order valence-corrected chi connectivity index (χ4v) is 3.85. The molecule has 0 aliphatic carbocycles. The number of hydrogen-bond acceptors (Lipinski definition) is 4. The van der Waals surface area contributed by atoms with Gasteiger partial charge >= 0.3 is 0 Å². The number of anilines is 2. The molecule has 0 saturated carbocycles. The van der Waals surface area contributed by atoms with E-state index in [-0.39, 0.29) is 18.4 Å². The Kier molecular flexibility index (Phi) is 4.05. The Morgan fingerprint density at radius 2 is 1.86 bits per heavy atom. The van der Waals surface area contributed by atoms with Crippen LogP contribution in [0.15, 0.2) is 60.9 Å². The van der Waals surface area contributed by atoms with Crippen LogP contribution in [0.2, 0.25) is 0 Å². The number of aromatic nitrogens is 1. The van der Waals surface area contributed by atoms with E-state index in [1.807, 2.05) is 42.5 Å². The zero-order valence-electron chi connectivity index (χ0n) is 16.0. The molecule has 0 unspecified atom stereocenters. The molecular formula is C23H19N3O3. The summed E-state index contributed by atoms with van der Waals surface area (Å²) in [5.41, 5.74) is 4.91. The number of hydrogen-bond donors (Lipinski definition) is 0. The molecule has 2 aliphatic heterocycles. The van der Waals surface area contributed by atoms with Crippen LogP contribution < -0.4 is 14.5 Å². The largest absolute Gasteiger partial charge is 0.493 e. The summed E-state index contributed by atoms with van der Waals surface area (Å²) >= 11 is 0. The maximum absolute atomic E-state index is 13.3. The Labute approximate surface area is 168 Å². The molecule has 2 amide bonds. The molecule has 1 aromatic heterocycles. The van der Waals surface area contributed by atoms with Crippen molar-refractivity contribution in [1.82, 2.24) is 4.98 Å². The van der Waals surface area contributed by atoms with Crippen molar-refractivity contribution in [3.05, 3.63) is 72.1 Å². The summed E-state index contributed by atoms with van der Waals surface area (Å²) in [5, 5.41) is 0. The van der Waals surface area contributed by atoms with E-state index >= 15 is 0 Å². The van der Waals surface area contributed by atoms with E-state index < -0.39 is 0 Å². The second-order valence-electron chi connectivity index (χ2n) is 7.22. The second-order valence-corrected chi connectivity index (χ2v) is 7.22. The Hall–Kier alpha value is -3.67. The number of carbonyl (C=O) groups is 2.